The zero-order chi connectivity index (χ0) is 17.8. The summed E-state index contributed by atoms with van der Waals surface area (Å²) in [6, 6.07) is 15.0. The van der Waals surface area contributed by atoms with E-state index < -0.39 is 23.7 Å². The molecule has 0 radical (unpaired) electrons. The van der Waals surface area contributed by atoms with Crippen molar-refractivity contribution in [2.45, 2.75) is 6.42 Å². The molecule has 0 saturated carbocycles. The standard InChI is InChI=1S/C18H15N3O4/c22-15-14(10-11-4-2-1-3-5-11)16(23)21-18(20-15)19-13-8-6-12(7-9-13)17(24)25/h1-9,14H,10H2,(H,24,25)(H2,19,20,21,22,23). The van der Waals surface area contributed by atoms with Gasteiger partial charge in [-0.2, -0.15) is 0 Å². The highest BCUT2D eigenvalue weighted by atomic mass is 16.4. The number of nitrogens with one attached hydrogen (secondary N) is 2. The van der Waals surface area contributed by atoms with Crippen molar-refractivity contribution in [2.75, 3.05) is 0 Å². The van der Waals surface area contributed by atoms with Crippen LogP contribution in [0.3, 0.4) is 0 Å². The number of carbonyl (C=O) groups is 3. The summed E-state index contributed by atoms with van der Waals surface area (Å²) in [6.07, 6.45) is 0.305. The molecule has 0 unspecified atom stereocenters. The third-order valence-corrected chi connectivity index (χ3v) is 3.75. The van der Waals surface area contributed by atoms with E-state index in [4.69, 9.17) is 5.11 Å². The Hall–Kier alpha value is -3.48. The normalized spacial score (nSPS) is 16.8. The number of aliphatic imine (C=N–C) groups is 1. The zero-order valence-electron chi connectivity index (χ0n) is 13.1. The summed E-state index contributed by atoms with van der Waals surface area (Å²) in [7, 11) is 0. The topological polar surface area (TPSA) is 108 Å². The molecule has 0 atom stereocenters. The van der Waals surface area contributed by atoms with Crippen LogP contribution in [0.1, 0.15) is 15.9 Å². The molecule has 1 fully saturated rings. The van der Waals surface area contributed by atoms with Crippen LogP contribution in [0.25, 0.3) is 0 Å². The summed E-state index contributed by atoms with van der Waals surface area (Å²) in [5, 5.41) is 14.0. The van der Waals surface area contributed by atoms with Gasteiger partial charge in [-0.05, 0) is 36.2 Å². The Morgan fingerprint density at radius 1 is 0.960 bits per heavy atom. The molecule has 1 saturated heterocycles. The van der Waals surface area contributed by atoms with Gasteiger partial charge in [-0.15, -0.1) is 0 Å². The molecule has 3 rings (SSSR count). The first-order valence-electron chi connectivity index (χ1n) is 7.60. The quantitative estimate of drug-likeness (QED) is 0.734. The molecule has 3 N–H and O–H groups in total. The lowest BCUT2D eigenvalue weighted by Crippen LogP contribution is -2.57. The van der Waals surface area contributed by atoms with Gasteiger partial charge in [-0.25, -0.2) is 9.79 Å². The van der Waals surface area contributed by atoms with Gasteiger partial charge in [-0.3, -0.25) is 20.2 Å². The fraction of sp³-hybridized carbons (Fsp3) is 0.111. The molecule has 1 aliphatic heterocycles. The molecule has 2 aromatic carbocycles. The lowest BCUT2D eigenvalue weighted by Gasteiger charge is -2.23. The number of carboxylic acids is 1. The van der Waals surface area contributed by atoms with Crippen LogP contribution in [0.15, 0.2) is 59.6 Å². The third kappa shape index (κ3) is 3.89. The van der Waals surface area contributed by atoms with Crippen molar-refractivity contribution in [3.05, 3.63) is 65.7 Å². The van der Waals surface area contributed by atoms with Gasteiger partial charge in [0.1, 0.15) is 5.92 Å². The van der Waals surface area contributed by atoms with Crippen LogP contribution in [0.5, 0.6) is 0 Å². The monoisotopic (exact) mass is 337 g/mol. The molecule has 1 heterocycles. The van der Waals surface area contributed by atoms with Crippen molar-refractivity contribution in [3.8, 4) is 0 Å². The van der Waals surface area contributed by atoms with E-state index in [2.05, 4.69) is 15.6 Å². The van der Waals surface area contributed by atoms with E-state index in [-0.39, 0.29) is 11.5 Å². The molecule has 7 heteroatoms. The number of nitrogens with zero attached hydrogens (tertiary/aromatic N) is 1. The SMILES string of the molecule is O=C(O)c1ccc(N=C2NC(=O)C(Cc3ccccc3)C(=O)N2)cc1. The Bertz CT molecular complexity index is 824. The van der Waals surface area contributed by atoms with Crippen molar-refractivity contribution < 1.29 is 19.5 Å². The molecular weight excluding hydrogens is 322 g/mol. The molecular formula is C18H15N3O4. The summed E-state index contributed by atoms with van der Waals surface area (Å²) in [5.41, 5.74) is 1.44. The Balaban J connectivity index is 1.72. The van der Waals surface area contributed by atoms with E-state index in [1.54, 1.807) is 0 Å². The predicted octanol–water partition coefficient (Wildman–Crippen LogP) is 1.48. The van der Waals surface area contributed by atoms with E-state index in [0.29, 0.717) is 12.1 Å². The second-order valence-electron chi connectivity index (χ2n) is 5.53. The number of hydrogen-bond donors (Lipinski definition) is 3. The minimum atomic E-state index is -1.04. The highest BCUT2D eigenvalue weighted by Gasteiger charge is 2.33. The summed E-state index contributed by atoms with van der Waals surface area (Å²) in [5.74, 6) is -2.68. The van der Waals surface area contributed by atoms with Crippen LogP contribution in [-0.4, -0.2) is 28.8 Å². The van der Waals surface area contributed by atoms with E-state index in [1.807, 2.05) is 30.3 Å². The van der Waals surface area contributed by atoms with Crippen LogP contribution in [0.4, 0.5) is 5.69 Å². The van der Waals surface area contributed by atoms with Gasteiger partial charge in [0, 0.05) is 0 Å². The van der Waals surface area contributed by atoms with Crippen molar-refractivity contribution in [2.24, 2.45) is 10.9 Å². The minimum absolute atomic E-state index is 0.0300. The first kappa shape index (κ1) is 16.4. The van der Waals surface area contributed by atoms with Crippen LogP contribution in [0.2, 0.25) is 0 Å². The zero-order valence-corrected chi connectivity index (χ0v) is 13.1. The average molecular weight is 337 g/mol. The van der Waals surface area contributed by atoms with E-state index in [0.717, 1.165) is 5.56 Å². The largest absolute Gasteiger partial charge is 0.478 e. The molecule has 0 bridgehead atoms. The van der Waals surface area contributed by atoms with Gasteiger partial charge in [-0.1, -0.05) is 30.3 Å². The number of guanidine groups is 1. The van der Waals surface area contributed by atoms with Crippen LogP contribution in [0, 0.1) is 5.92 Å². The molecule has 25 heavy (non-hydrogen) atoms. The number of hydrogen-bond acceptors (Lipinski definition) is 4. The Labute approximate surface area is 143 Å². The Morgan fingerprint density at radius 2 is 1.56 bits per heavy atom. The first-order valence-corrected chi connectivity index (χ1v) is 7.60. The van der Waals surface area contributed by atoms with E-state index in [9.17, 15) is 14.4 Å². The summed E-state index contributed by atoms with van der Waals surface area (Å²) in [6.45, 7) is 0. The lowest BCUT2D eigenvalue weighted by molar-refractivity contribution is -0.135. The minimum Gasteiger partial charge on any atom is -0.478 e. The molecule has 7 nitrogen and oxygen atoms in total. The molecule has 0 spiro atoms. The van der Waals surface area contributed by atoms with Crippen molar-refractivity contribution in [1.82, 2.24) is 10.6 Å². The van der Waals surface area contributed by atoms with Gasteiger partial charge in [0.2, 0.25) is 17.8 Å². The molecule has 0 aromatic heterocycles. The van der Waals surface area contributed by atoms with Crippen LogP contribution >= 0.6 is 0 Å². The second-order valence-corrected chi connectivity index (χ2v) is 5.53. The average Bonchev–Trinajstić information content (AvgIpc) is 2.59. The van der Waals surface area contributed by atoms with Gasteiger partial charge in [0.15, 0.2) is 0 Å². The lowest BCUT2D eigenvalue weighted by atomic mass is 9.96. The summed E-state index contributed by atoms with van der Waals surface area (Å²) >= 11 is 0. The third-order valence-electron chi connectivity index (χ3n) is 3.75. The van der Waals surface area contributed by atoms with Gasteiger partial charge < -0.3 is 5.11 Å². The fourth-order valence-corrected chi connectivity index (χ4v) is 2.46. The number of carboxylic acid groups (broad SMARTS) is 1. The first-order chi connectivity index (χ1) is 12.0. The molecule has 2 aromatic rings. The maximum Gasteiger partial charge on any atom is 0.335 e. The number of aromatic carboxylic acids is 1. The molecule has 2 amide bonds. The number of amides is 2. The predicted molar refractivity (Wildman–Crippen MR) is 90.4 cm³/mol. The fourth-order valence-electron chi connectivity index (χ4n) is 2.46. The van der Waals surface area contributed by atoms with E-state index in [1.165, 1.54) is 24.3 Å². The summed E-state index contributed by atoms with van der Waals surface area (Å²) < 4.78 is 0. The van der Waals surface area contributed by atoms with Gasteiger partial charge >= 0.3 is 5.97 Å². The number of benzene rings is 2. The van der Waals surface area contributed by atoms with Crippen molar-refractivity contribution >= 4 is 29.4 Å². The number of rotatable bonds is 4. The number of carbonyl (C=O) groups excluding carboxylic acids is 2. The van der Waals surface area contributed by atoms with Gasteiger partial charge in [0.25, 0.3) is 0 Å². The maximum absolute atomic E-state index is 12.2. The maximum atomic E-state index is 12.2. The molecule has 126 valence electrons. The van der Waals surface area contributed by atoms with Crippen LogP contribution in [-0.2, 0) is 16.0 Å². The van der Waals surface area contributed by atoms with Crippen molar-refractivity contribution in [1.29, 1.82) is 0 Å². The second kappa shape index (κ2) is 6.96. The Kier molecular flexibility index (Phi) is 4.56. The highest BCUT2D eigenvalue weighted by molar-refractivity contribution is 6.18. The smallest absolute Gasteiger partial charge is 0.335 e. The van der Waals surface area contributed by atoms with Crippen molar-refractivity contribution in [3.63, 3.8) is 0 Å². The highest BCUT2D eigenvalue weighted by Crippen LogP contribution is 2.15. The summed E-state index contributed by atoms with van der Waals surface area (Å²) in [4.78, 5) is 39.4. The van der Waals surface area contributed by atoms with Crippen LogP contribution < -0.4 is 10.6 Å². The van der Waals surface area contributed by atoms with Gasteiger partial charge in [0.05, 0.1) is 11.3 Å². The molecule has 0 aliphatic carbocycles. The Morgan fingerprint density at radius 3 is 2.12 bits per heavy atom. The molecule has 1 aliphatic rings. The van der Waals surface area contributed by atoms with E-state index >= 15 is 0 Å².